The fourth-order valence-corrected chi connectivity index (χ4v) is 1.74. The second-order valence-corrected chi connectivity index (χ2v) is 4.31. The van der Waals surface area contributed by atoms with E-state index in [4.69, 9.17) is 5.73 Å². The van der Waals surface area contributed by atoms with Crippen LogP contribution in [0.15, 0.2) is 30.6 Å². The standard InChI is InChI=1S/C14H13F2N3O/c1-8-6-18-5-4-9(8)7-19-14(20)12-10(15)2-3-11(17)13(12)16/h2-6H,7,17H2,1H3,(H,19,20). The maximum Gasteiger partial charge on any atom is 0.257 e. The number of carbonyl (C=O) groups is 1. The summed E-state index contributed by atoms with van der Waals surface area (Å²) in [6.07, 6.45) is 3.22. The molecule has 2 aromatic rings. The summed E-state index contributed by atoms with van der Waals surface area (Å²) in [5.41, 5.74) is 6.09. The summed E-state index contributed by atoms with van der Waals surface area (Å²) >= 11 is 0. The molecule has 1 aromatic carbocycles. The highest BCUT2D eigenvalue weighted by molar-refractivity contribution is 5.95. The number of nitrogen functional groups attached to an aromatic ring is 1. The van der Waals surface area contributed by atoms with Gasteiger partial charge < -0.3 is 11.1 Å². The van der Waals surface area contributed by atoms with Crippen LogP contribution < -0.4 is 11.1 Å². The largest absolute Gasteiger partial charge is 0.396 e. The van der Waals surface area contributed by atoms with E-state index in [1.807, 2.05) is 6.92 Å². The molecule has 0 saturated heterocycles. The van der Waals surface area contributed by atoms with Gasteiger partial charge in [-0.25, -0.2) is 8.78 Å². The number of nitrogens with zero attached hydrogens (tertiary/aromatic N) is 1. The van der Waals surface area contributed by atoms with E-state index in [1.54, 1.807) is 18.5 Å². The molecule has 0 spiro atoms. The van der Waals surface area contributed by atoms with Gasteiger partial charge in [0.2, 0.25) is 0 Å². The molecule has 0 saturated carbocycles. The van der Waals surface area contributed by atoms with E-state index >= 15 is 0 Å². The van der Waals surface area contributed by atoms with Crippen molar-refractivity contribution < 1.29 is 13.6 Å². The SMILES string of the molecule is Cc1cnccc1CNC(=O)c1c(F)ccc(N)c1F. The Morgan fingerprint density at radius 3 is 2.80 bits per heavy atom. The Kier molecular flexibility index (Phi) is 3.93. The first-order valence-corrected chi connectivity index (χ1v) is 5.92. The number of benzene rings is 1. The van der Waals surface area contributed by atoms with E-state index < -0.39 is 23.1 Å². The third-order valence-electron chi connectivity index (χ3n) is 2.92. The summed E-state index contributed by atoms with van der Waals surface area (Å²) in [6, 6.07) is 3.77. The number of rotatable bonds is 3. The van der Waals surface area contributed by atoms with Gasteiger partial charge >= 0.3 is 0 Å². The molecule has 0 aliphatic carbocycles. The van der Waals surface area contributed by atoms with E-state index in [1.165, 1.54) is 0 Å². The summed E-state index contributed by atoms with van der Waals surface area (Å²) in [6.45, 7) is 1.98. The lowest BCUT2D eigenvalue weighted by atomic mass is 10.1. The first-order chi connectivity index (χ1) is 9.50. The van der Waals surface area contributed by atoms with Crippen LogP contribution in [-0.4, -0.2) is 10.9 Å². The van der Waals surface area contributed by atoms with Gasteiger partial charge in [0, 0.05) is 18.9 Å². The lowest BCUT2D eigenvalue weighted by Crippen LogP contribution is -2.25. The van der Waals surface area contributed by atoms with Crippen LogP contribution in [0.2, 0.25) is 0 Å². The van der Waals surface area contributed by atoms with Crippen molar-refractivity contribution in [2.24, 2.45) is 0 Å². The Balaban J connectivity index is 2.18. The molecule has 104 valence electrons. The molecule has 1 amide bonds. The zero-order chi connectivity index (χ0) is 14.7. The Labute approximate surface area is 114 Å². The van der Waals surface area contributed by atoms with E-state index in [9.17, 15) is 13.6 Å². The third kappa shape index (κ3) is 2.74. The monoisotopic (exact) mass is 277 g/mol. The van der Waals surface area contributed by atoms with Crippen molar-refractivity contribution in [3.63, 3.8) is 0 Å². The predicted molar refractivity (Wildman–Crippen MR) is 70.9 cm³/mol. The van der Waals surface area contributed by atoms with Gasteiger partial charge in [-0.1, -0.05) is 0 Å². The molecule has 0 radical (unpaired) electrons. The number of aromatic nitrogens is 1. The summed E-state index contributed by atoms with van der Waals surface area (Å²) in [4.78, 5) is 15.8. The lowest BCUT2D eigenvalue weighted by molar-refractivity contribution is 0.0942. The number of pyridine rings is 1. The average molecular weight is 277 g/mol. The summed E-state index contributed by atoms with van der Waals surface area (Å²) in [7, 11) is 0. The number of aryl methyl sites for hydroxylation is 1. The molecule has 0 bridgehead atoms. The van der Waals surface area contributed by atoms with Gasteiger partial charge in [-0.15, -0.1) is 0 Å². The fraction of sp³-hybridized carbons (Fsp3) is 0.143. The summed E-state index contributed by atoms with van der Waals surface area (Å²) < 4.78 is 27.2. The van der Waals surface area contributed by atoms with Gasteiger partial charge in [-0.05, 0) is 36.2 Å². The normalized spacial score (nSPS) is 10.3. The van der Waals surface area contributed by atoms with Gasteiger partial charge in [-0.3, -0.25) is 9.78 Å². The Morgan fingerprint density at radius 2 is 2.10 bits per heavy atom. The average Bonchev–Trinajstić information content (AvgIpc) is 2.42. The van der Waals surface area contributed by atoms with Gasteiger partial charge in [0.05, 0.1) is 5.69 Å². The quantitative estimate of drug-likeness (QED) is 0.845. The van der Waals surface area contributed by atoms with Crippen LogP contribution in [0.3, 0.4) is 0 Å². The number of anilines is 1. The number of halogens is 2. The molecule has 0 fully saturated rings. The van der Waals surface area contributed by atoms with Crippen LogP contribution in [0.4, 0.5) is 14.5 Å². The van der Waals surface area contributed by atoms with Crippen molar-refractivity contribution in [2.45, 2.75) is 13.5 Å². The molecule has 0 aliphatic heterocycles. The van der Waals surface area contributed by atoms with Crippen molar-refractivity contribution in [1.29, 1.82) is 0 Å². The van der Waals surface area contributed by atoms with Gasteiger partial charge in [-0.2, -0.15) is 0 Å². The van der Waals surface area contributed by atoms with Crippen molar-refractivity contribution in [3.8, 4) is 0 Å². The minimum atomic E-state index is -1.05. The van der Waals surface area contributed by atoms with Crippen molar-refractivity contribution in [3.05, 3.63) is 58.9 Å². The number of hydrogen-bond donors (Lipinski definition) is 2. The molecular weight excluding hydrogens is 264 g/mol. The second-order valence-electron chi connectivity index (χ2n) is 4.31. The van der Waals surface area contributed by atoms with Crippen LogP contribution in [0.1, 0.15) is 21.5 Å². The minimum absolute atomic E-state index is 0.154. The smallest absolute Gasteiger partial charge is 0.257 e. The Bertz CT molecular complexity index is 659. The molecule has 2 rings (SSSR count). The molecular formula is C14H13F2N3O. The van der Waals surface area contributed by atoms with Crippen LogP contribution in [0.25, 0.3) is 0 Å². The molecule has 0 aliphatic rings. The Hall–Kier alpha value is -2.50. The zero-order valence-electron chi connectivity index (χ0n) is 10.8. The lowest BCUT2D eigenvalue weighted by Gasteiger charge is -2.09. The number of carbonyl (C=O) groups excluding carboxylic acids is 1. The third-order valence-corrected chi connectivity index (χ3v) is 2.92. The van der Waals surface area contributed by atoms with E-state index in [0.29, 0.717) is 0 Å². The van der Waals surface area contributed by atoms with Gasteiger partial charge in [0.15, 0.2) is 5.82 Å². The Morgan fingerprint density at radius 1 is 1.35 bits per heavy atom. The minimum Gasteiger partial charge on any atom is -0.396 e. The predicted octanol–water partition coefficient (Wildman–Crippen LogP) is 2.18. The molecule has 1 aromatic heterocycles. The van der Waals surface area contributed by atoms with Gasteiger partial charge in [0.1, 0.15) is 11.4 Å². The van der Waals surface area contributed by atoms with E-state index in [2.05, 4.69) is 10.3 Å². The maximum atomic E-state index is 13.7. The highest BCUT2D eigenvalue weighted by Gasteiger charge is 2.19. The topological polar surface area (TPSA) is 68.0 Å². The highest BCUT2D eigenvalue weighted by Crippen LogP contribution is 2.18. The molecule has 4 nitrogen and oxygen atoms in total. The summed E-state index contributed by atoms with van der Waals surface area (Å²) in [5, 5.41) is 2.46. The molecule has 6 heteroatoms. The van der Waals surface area contributed by atoms with Crippen molar-refractivity contribution in [1.82, 2.24) is 10.3 Å². The van der Waals surface area contributed by atoms with Crippen LogP contribution in [0.5, 0.6) is 0 Å². The molecule has 1 heterocycles. The number of hydrogen-bond acceptors (Lipinski definition) is 3. The van der Waals surface area contributed by atoms with Crippen LogP contribution in [0, 0.1) is 18.6 Å². The first-order valence-electron chi connectivity index (χ1n) is 5.92. The number of amides is 1. The van der Waals surface area contributed by atoms with E-state index in [0.717, 1.165) is 23.3 Å². The van der Waals surface area contributed by atoms with Crippen LogP contribution in [-0.2, 0) is 6.54 Å². The zero-order valence-corrected chi connectivity index (χ0v) is 10.8. The molecule has 0 unspecified atom stereocenters. The van der Waals surface area contributed by atoms with E-state index in [-0.39, 0.29) is 12.2 Å². The fourth-order valence-electron chi connectivity index (χ4n) is 1.74. The molecule has 0 atom stereocenters. The second kappa shape index (κ2) is 5.64. The number of nitrogens with one attached hydrogen (secondary N) is 1. The van der Waals surface area contributed by atoms with Crippen molar-refractivity contribution in [2.75, 3.05) is 5.73 Å². The van der Waals surface area contributed by atoms with Crippen molar-refractivity contribution >= 4 is 11.6 Å². The summed E-state index contributed by atoms with van der Waals surface area (Å²) in [5.74, 6) is -2.84. The molecule has 20 heavy (non-hydrogen) atoms. The number of nitrogens with two attached hydrogens (primary N) is 1. The molecule has 3 N–H and O–H groups in total. The first kappa shape index (κ1) is 13.9. The maximum absolute atomic E-state index is 13.7. The highest BCUT2D eigenvalue weighted by atomic mass is 19.1. The van der Waals surface area contributed by atoms with Crippen LogP contribution >= 0.6 is 0 Å². The van der Waals surface area contributed by atoms with Gasteiger partial charge in [0.25, 0.3) is 5.91 Å².